The maximum absolute atomic E-state index is 11.8. The van der Waals surface area contributed by atoms with Crippen molar-refractivity contribution in [1.82, 2.24) is 9.97 Å². The molecule has 0 aliphatic carbocycles. The number of benzene rings is 1. The summed E-state index contributed by atoms with van der Waals surface area (Å²) >= 11 is 0. The number of H-pyrrole nitrogens is 1. The van der Waals surface area contributed by atoms with Gasteiger partial charge in [0.05, 0.1) is 12.7 Å². The lowest BCUT2D eigenvalue weighted by Gasteiger charge is -2.04. The Kier molecular flexibility index (Phi) is 3.14. The van der Waals surface area contributed by atoms with E-state index in [4.69, 9.17) is 9.84 Å². The predicted octanol–water partition coefficient (Wildman–Crippen LogP) is 1.97. The summed E-state index contributed by atoms with van der Waals surface area (Å²) in [7, 11) is 1.57. The molecule has 5 nitrogen and oxygen atoms in total. The van der Waals surface area contributed by atoms with Gasteiger partial charge in [0.1, 0.15) is 5.75 Å². The molecule has 0 radical (unpaired) electrons. The average Bonchev–Trinajstić information content (AvgIpc) is 2.38. The van der Waals surface area contributed by atoms with Gasteiger partial charge in [-0.3, -0.25) is 4.79 Å². The summed E-state index contributed by atoms with van der Waals surface area (Å²) in [4.78, 5) is 18.2. The van der Waals surface area contributed by atoms with Gasteiger partial charge in [0.15, 0.2) is 11.6 Å². The average molecular weight is 244 g/mol. The van der Waals surface area contributed by atoms with Crippen LogP contribution in [0.4, 0.5) is 0 Å². The first-order valence-corrected chi connectivity index (χ1v) is 5.24. The maximum Gasteiger partial charge on any atom is 0.259 e. The first-order valence-electron chi connectivity index (χ1n) is 5.24. The van der Waals surface area contributed by atoms with Crippen molar-refractivity contribution in [3.8, 4) is 16.9 Å². The van der Waals surface area contributed by atoms with Gasteiger partial charge in [-0.25, -0.2) is 4.98 Å². The molecule has 0 aliphatic rings. The summed E-state index contributed by atoms with van der Waals surface area (Å²) in [6.07, 6.45) is 1.40. The monoisotopic (exact) mass is 244 g/mol. The number of aliphatic hydroxyl groups is 1. The van der Waals surface area contributed by atoms with E-state index in [1.165, 1.54) is 6.20 Å². The highest BCUT2D eigenvalue weighted by Crippen LogP contribution is 2.18. The number of aliphatic hydroxyl groups excluding tert-OH is 1. The van der Waals surface area contributed by atoms with Gasteiger partial charge in [0.25, 0.3) is 5.56 Å². The molecule has 0 saturated heterocycles. The molecule has 0 bridgehead atoms. The summed E-state index contributed by atoms with van der Waals surface area (Å²) in [5.74, 6) is 0.508. The third-order valence-electron chi connectivity index (χ3n) is 2.47. The van der Waals surface area contributed by atoms with E-state index in [1.54, 1.807) is 31.4 Å². The molecule has 18 heavy (non-hydrogen) atoms. The third kappa shape index (κ3) is 2.24. The second-order valence-electron chi connectivity index (χ2n) is 3.65. The van der Waals surface area contributed by atoms with E-state index in [-0.39, 0.29) is 17.1 Å². The first kappa shape index (κ1) is 11.9. The first-order chi connectivity index (χ1) is 8.61. The molecule has 5 heteroatoms. The smallest absolute Gasteiger partial charge is 0.259 e. The summed E-state index contributed by atoms with van der Waals surface area (Å²) in [6, 6.07) is 7.04. The number of aromatic amines is 1. The van der Waals surface area contributed by atoms with Crippen molar-refractivity contribution in [3.05, 3.63) is 53.2 Å². The molecule has 0 amide bonds. The SMILES string of the molecule is C=C(O)c1ncc(-c2ccc(OC)cc2)c(=O)[nH]1. The molecule has 92 valence electrons. The lowest BCUT2D eigenvalue weighted by molar-refractivity contribution is 0.415. The van der Waals surface area contributed by atoms with E-state index in [1.807, 2.05) is 0 Å². The Hall–Kier alpha value is -2.56. The Morgan fingerprint density at radius 3 is 2.56 bits per heavy atom. The molecule has 0 saturated carbocycles. The molecule has 0 fully saturated rings. The highest BCUT2D eigenvalue weighted by molar-refractivity contribution is 5.63. The summed E-state index contributed by atoms with van der Waals surface area (Å²) in [6.45, 7) is 3.30. The molecular weight excluding hydrogens is 232 g/mol. The Labute approximate surface area is 103 Å². The van der Waals surface area contributed by atoms with Crippen LogP contribution >= 0.6 is 0 Å². The minimum Gasteiger partial charge on any atom is -0.505 e. The fraction of sp³-hybridized carbons (Fsp3) is 0.0769. The number of hydrogen-bond acceptors (Lipinski definition) is 4. The minimum atomic E-state index is -0.333. The Bertz CT molecular complexity index is 629. The summed E-state index contributed by atoms with van der Waals surface area (Å²) in [5.41, 5.74) is 0.808. The number of rotatable bonds is 3. The van der Waals surface area contributed by atoms with Crippen molar-refractivity contribution in [2.75, 3.05) is 7.11 Å². The van der Waals surface area contributed by atoms with Crippen molar-refractivity contribution in [3.63, 3.8) is 0 Å². The number of nitrogens with zero attached hydrogens (tertiary/aromatic N) is 1. The largest absolute Gasteiger partial charge is 0.505 e. The number of ether oxygens (including phenoxy) is 1. The lowest BCUT2D eigenvalue weighted by atomic mass is 10.1. The van der Waals surface area contributed by atoms with Gasteiger partial charge >= 0.3 is 0 Å². The van der Waals surface area contributed by atoms with E-state index >= 15 is 0 Å². The quantitative estimate of drug-likeness (QED) is 0.809. The highest BCUT2D eigenvalue weighted by Gasteiger charge is 2.06. The highest BCUT2D eigenvalue weighted by atomic mass is 16.5. The normalized spacial score (nSPS) is 10.1. The predicted molar refractivity (Wildman–Crippen MR) is 68.5 cm³/mol. The van der Waals surface area contributed by atoms with Crippen LogP contribution in [0.1, 0.15) is 5.82 Å². The van der Waals surface area contributed by atoms with Gasteiger partial charge in [-0.1, -0.05) is 18.7 Å². The van der Waals surface area contributed by atoms with Crippen LogP contribution in [-0.2, 0) is 0 Å². The second kappa shape index (κ2) is 4.75. The van der Waals surface area contributed by atoms with Gasteiger partial charge in [-0.15, -0.1) is 0 Å². The summed E-state index contributed by atoms with van der Waals surface area (Å²) < 4.78 is 5.04. The molecule has 0 atom stereocenters. The Morgan fingerprint density at radius 2 is 2.06 bits per heavy atom. The van der Waals surface area contributed by atoms with Crippen LogP contribution in [-0.4, -0.2) is 22.2 Å². The Morgan fingerprint density at radius 1 is 1.39 bits per heavy atom. The molecule has 2 aromatic rings. The molecule has 0 unspecified atom stereocenters. The van der Waals surface area contributed by atoms with Crippen LogP contribution in [0.3, 0.4) is 0 Å². The molecule has 1 aromatic heterocycles. The van der Waals surface area contributed by atoms with Gasteiger partial charge in [-0.05, 0) is 17.7 Å². The van der Waals surface area contributed by atoms with E-state index in [0.29, 0.717) is 11.3 Å². The molecule has 1 heterocycles. The van der Waals surface area contributed by atoms with Crippen LogP contribution < -0.4 is 10.3 Å². The fourth-order valence-corrected chi connectivity index (χ4v) is 1.52. The molecule has 1 aromatic carbocycles. The zero-order valence-corrected chi connectivity index (χ0v) is 9.80. The van der Waals surface area contributed by atoms with Crippen LogP contribution in [0.5, 0.6) is 5.75 Å². The molecule has 0 spiro atoms. The van der Waals surface area contributed by atoms with Gasteiger partial charge in [-0.2, -0.15) is 0 Å². The summed E-state index contributed by atoms with van der Waals surface area (Å²) in [5, 5.41) is 9.13. The van der Waals surface area contributed by atoms with Crippen LogP contribution in [0.2, 0.25) is 0 Å². The zero-order chi connectivity index (χ0) is 13.1. The third-order valence-corrected chi connectivity index (χ3v) is 2.47. The van der Waals surface area contributed by atoms with Gasteiger partial charge in [0.2, 0.25) is 0 Å². The maximum atomic E-state index is 11.8. The van der Waals surface area contributed by atoms with E-state index in [0.717, 1.165) is 5.56 Å². The van der Waals surface area contributed by atoms with Crippen LogP contribution in [0.15, 0.2) is 41.8 Å². The number of methoxy groups -OCH3 is 1. The lowest BCUT2D eigenvalue weighted by Crippen LogP contribution is -2.12. The van der Waals surface area contributed by atoms with Gasteiger partial charge < -0.3 is 14.8 Å². The van der Waals surface area contributed by atoms with E-state index in [2.05, 4.69) is 16.5 Å². The van der Waals surface area contributed by atoms with Gasteiger partial charge in [0, 0.05) is 6.20 Å². The van der Waals surface area contributed by atoms with Crippen LogP contribution in [0, 0.1) is 0 Å². The number of nitrogens with one attached hydrogen (secondary N) is 1. The molecule has 2 rings (SSSR count). The van der Waals surface area contributed by atoms with Crippen molar-refractivity contribution >= 4 is 5.76 Å². The van der Waals surface area contributed by atoms with Crippen molar-refractivity contribution < 1.29 is 9.84 Å². The minimum absolute atomic E-state index is 0.0669. The number of hydrogen-bond donors (Lipinski definition) is 2. The van der Waals surface area contributed by atoms with E-state index in [9.17, 15) is 4.79 Å². The standard InChI is InChI=1S/C13H12N2O3/c1-8(16)12-14-7-11(13(17)15-12)9-3-5-10(18-2)6-4-9/h3-7,16H,1H2,2H3,(H,14,15,17). The second-order valence-corrected chi connectivity index (χ2v) is 3.65. The molecule has 2 N–H and O–H groups in total. The molecular formula is C13H12N2O3. The van der Waals surface area contributed by atoms with Crippen molar-refractivity contribution in [2.24, 2.45) is 0 Å². The topological polar surface area (TPSA) is 75.2 Å². The fourth-order valence-electron chi connectivity index (χ4n) is 1.52. The number of aromatic nitrogens is 2. The van der Waals surface area contributed by atoms with E-state index < -0.39 is 0 Å². The van der Waals surface area contributed by atoms with Crippen molar-refractivity contribution in [2.45, 2.75) is 0 Å². The molecule has 0 aliphatic heterocycles. The zero-order valence-electron chi connectivity index (χ0n) is 9.80. The van der Waals surface area contributed by atoms with Crippen LogP contribution in [0.25, 0.3) is 16.9 Å². The Balaban J connectivity index is 2.44. The van der Waals surface area contributed by atoms with Crippen molar-refractivity contribution in [1.29, 1.82) is 0 Å².